The lowest BCUT2D eigenvalue weighted by molar-refractivity contribution is 0.0926. The third kappa shape index (κ3) is 4.96. The number of anilines is 2. The summed E-state index contributed by atoms with van der Waals surface area (Å²) in [5.41, 5.74) is 3.28. The van der Waals surface area contributed by atoms with Gasteiger partial charge in [0.25, 0.3) is 11.8 Å². The SMILES string of the molecule is Cc1ccc(N2C(=O)c3ccc(NCC4CCC(NS(=O)(=O)C(C)C)CC4)cc3C2=O)cc1. The minimum Gasteiger partial charge on any atom is -0.385 e. The maximum Gasteiger partial charge on any atom is 0.266 e. The normalized spacial score (nSPS) is 20.9. The van der Waals surface area contributed by atoms with Gasteiger partial charge in [-0.15, -0.1) is 0 Å². The van der Waals surface area contributed by atoms with Gasteiger partial charge in [0.2, 0.25) is 10.0 Å². The molecule has 0 saturated heterocycles. The van der Waals surface area contributed by atoms with Gasteiger partial charge in [0.15, 0.2) is 0 Å². The van der Waals surface area contributed by atoms with Crippen molar-refractivity contribution in [2.24, 2.45) is 5.92 Å². The number of benzene rings is 2. The Morgan fingerprint density at radius 1 is 0.939 bits per heavy atom. The second-order valence-electron chi connectivity index (χ2n) is 9.35. The van der Waals surface area contributed by atoms with Crippen LogP contribution in [-0.4, -0.2) is 38.1 Å². The van der Waals surface area contributed by atoms with Crippen LogP contribution in [0.2, 0.25) is 0 Å². The summed E-state index contributed by atoms with van der Waals surface area (Å²) in [5.74, 6) is -0.174. The lowest BCUT2D eigenvalue weighted by Gasteiger charge is -2.29. The monoisotopic (exact) mass is 469 g/mol. The van der Waals surface area contributed by atoms with Crippen molar-refractivity contribution in [2.45, 2.75) is 57.7 Å². The molecule has 8 heteroatoms. The average molecular weight is 470 g/mol. The lowest BCUT2D eigenvalue weighted by atomic mass is 9.86. The van der Waals surface area contributed by atoms with Crippen LogP contribution in [0.15, 0.2) is 42.5 Å². The Labute approximate surface area is 195 Å². The molecule has 0 aromatic heterocycles. The molecule has 1 aliphatic heterocycles. The fourth-order valence-corrected chi connectivity index (χ4v) is 5.37. The van der Waals surface area contributed by atoms with Crippen molar-refractivity contribution in [3.05, 3.63) is 59.2 Å². The van der Waals surface area contributed by atoms with Crippen molar-refractivity contribution in [1.82, 2.24) is 4.72 Å². The van der Waals surface area contributed by atoms with Gasteiger partial charge < -0.3 is 5.32 Å². The van der Waals surface area contributed by atoms with Crippen LogP contribution in [0.3, 0.4) is 0 Å². The summed E-state index contributed by atoms with van der Waals surface area (Å²) in [5, 5.41) is 2.98. The predicted octanol–water partition coefficient (Wildman–Crippen LogP) is 4.09. The average Bonchev–Trinajstić information content (AvgIpc) is 3.03. The van der Waals surface area contributed by atoms with E-state index in [1.54, 1.807) is 38.1 Å². The van der Waals surface area contributed by atoms with Gasteiger partial charge in [0, 0.05) is 18.3 Å². The van der Waals surface area contributed by atoms with E-state index in [2.05, 4.69) is 10.0 Å². The van der Waals surface area contributed by atoms with Crippen LogP contribution in [0.1, 0.15) is 65.8 Å². The molecule has 0 unspecified atom stereocenters. The highest BCUT2D eigenvalue weighted by Crippen LogP contribution is 2.31. The number of hydrogen-bond donors (Lipinski definition) is 2. The standard InChI is InChI=1S/C25H31N3O4S/c1-16(2)33(31,32)27-19-8-6-18(7-9-19)15-26-20-10-13-22-23(14-20)25(30)28(24(22)29)21-11-4-17(3)5-12-21/h4-5,10-14,16,18-19,26-27H,6-9,15H2,1-3H3. The van der Waals surface area contributed by atoms with Crippen molar-refractivity contribution < 1.29 is 18.0 Å². The van der Waals surface area contributed by atoms with E-state index in [1.807, 2.05) is 25.1 Å². The van der Waals surface area contributed by atoms with E-state index < -0.39 is 15.3 Å². The van der Waals surface area contributed by atoms with Gasteiger partial charge >= 0.3 is 0 Å². The molecule has 2 aliphatic rings. The molecule has 4 rings (SSSR count). The van der Waals surface area contributed by atoms with Gasteiger partial charge in [-0.2, -0.15) is 0 Å². The van der Waals surface area contributed by atoms with Gasteiger partial charge in [-0.3, -0.25) is 9.59 Å². The first-order chi connectivity index (χ1) is 15.7. The third-order valence-corrected chi connectivity index (χ3v) is 8.47. The molecule has 0 radical (unpaired) electrons. The molecule has 2 aromatic rings. The van der Waals surface area contributed by atoms with Crippen LogP contribution in [0.4, 0.5) is 11.4 Å². The van der Waals surface area contributed by atoms with Crippen molar-refractivity contribution in [3.8, 4) is 0 Å². The first-order valence-corrected chi connectivity index (χ1v) is 13.0. The highest BCUT2D eigenvalue weighted by atomic mass is 32.2. The number of nitrogens with zero attached hydrogens (tertiary/aromatic N) is 1. The van der Waals surface area contributed by atoms with Gasteiger partial charge in [0.1, 0.15) is 0 Å². The number of carbonyl (C=O) groups excluding carboxylic acids is 2. The van der Waals surface area contributed by atoms with Crippen molar-refractivity contribution in [2.75, 3.05) is 16.8 Å². The highest BCUT2D eigenvalue weighted by Gasteiger charge is 2.36. The van der Waals surface area contributed by atoms with Crippen LogP contribution in [0, 0.1) is 12.8 Å². The third-order valence-electron chi connectivity index (χ3n) is 6.57. The molecule has 176 valence electrons. The van der Waals surface area contributed by atoms with Gasteiger partial charge in [-0.1, -0.05) is 17.7 Å². The van der Waals surface area contributed by atoms with E-state index in [4.69, 9.17) is 0 Å². The molecular weight excluding hydrogens is 438 g/mol. The Bertz CT molecular complexity index is 1150. The lowest BCUT2D eigenvalue weighted by Crippen LogP contribution is -2.41. The first-order valence-electron chi connectivity index (χ1n) is 11.5. The number of sulfonamides is 1. The van der Waals surface area contributed by atoms with Crippen LogP contribution in [0.25, 0.3) is 0 Å². The van der Waals surface area contributed by atoms with Crippen molar-refractivity contribution in [3.63, 3.8) is 0 Å². The smallest absolute Gasteiger partial charge is 0.266 e. The van der Waals surface area contributed by atoms with E-state index in [-0.39, 0.29) is 17.9 Å². The highest BCUT2D eigenvalue weighted by molar-refractivity contribution is 7.90. The Balaban J connectivity index is 1.35. The van der Waals surface area contributed by atoms with E-state index in [0.717, 1.165) is 43.5 Å². The Morgan fingerprint density at radius 3 is 2.21 bits per heavy atom. The Kier molecular flexibility index (Phi) is 6.59. The van der Waals surface area contributed by atoms with Crippen LogP contribution in [0.5, 0.6) is 0 Å². The molecular formula is C25H31N3O4S. The molecule has 33 heavy (non-hydrogen) atoms. The molecule has 7 nitrogen and oxygen atoms in total. The molecule has 1 aliphatic carbocycles. The zero-order valence-corrected chi connectivity index (χ0v) is 20.1. The molecule has 2 N–H and O–H groups in total. The topological polar surface area (TPSA) is 95.6 Å². The summed E-state index contributed by atoms with van der Waals surface area (Å²) in [7, 11) is -3.24. The van der Waals surface area contributed by atoms with Crippen molar-refractivity contribution >= 4 is 33.2 Å². The van der Waals surface area contributed by atoms with E-state index in [9.17, 15) is 18.0 Å². The molecule has 0 atom stereocenters. The number of hydrogen-bond acceptors (Lipinski definition) is 5. The number of carbonyl (C=O) groups is 2. The fourth-order valence-electron chi connectivity index (χ4n) is 4.39. The summed E-state index contributed by atoms with van der Waals surface area (Å²) in [6.07, 6.45) is 3.51. The number of fused-ring (bicyclic) bond motifs is 1. The van der Waals surface area contributed by atoms with Crippen LogP contribution in [-0.2, 0) is 10.0 Å². The summed E-state index contributed by atoms with van der Waals surface area (Å²) >= 11 is 0. The Hall–Kier alpha value is -2.71. The van der Waals surface area contributed by atoms with Gasteiger partial charge in [-0.25, -0.2) is 18.0 Å². The quantitative estimate of drug-likeness (QED) is 0.596. The number of rotatable bonds is 7. The molecule has 1 heterocycles. The zero-order valence-electron chi connectivity index (χ0n) is 19.3. The van der Waals surface area contributed by atoms with Crippen LogP contribution >= 0.6 is 0 Å². The number of aryl methyl sites for hydroxylation is 1. The number of amides is 2. The first kappa shape index (κ1) is 23.4. The van der Waals surface area contributed by atoms with Crippen LogP contribution < -0.4 is 14.9 Å². The van der Waals surface area contributed by atoms with Gasteiger partial charge in [0.05, 0.1) is 22.1 Å². The van der Waals surface area contributed by atoms with Crippen molar-refractivity contribution in [1.29, 1.82) is 0 Å². The summed E-state index contributed by atoms with van der Waals surface area (Å²) < 4.78 is 27.0. The summed E-state index contributed by atoms with van der Waals surface area (Å²) in [6.45, 7) is 6.08. The Morgan fingerprint density at radius 2 is 1.58 bits per heavy atom. The molecule has 2 amide bonds. The maximum atomic E-state index is 13.0. The molecule has 1 fully saturated rings. The fraction of sp³-hybridized carbons (Fsp3) is 0.440. The number of nitrogens with one attached hydrogen (secondary N) is 2. The summed E-state index contributed by atoms with van der Waals surface area (Å²) in [4.78, 5) is 27.0. The van der Waals surface area contributed by atoms with E-state index in [0.29, 0.717) is 22.7 Å². The molecule has 1 saturated carbocycles. The molecule has 0 bridgehead atoms. The molecule has 2 aromatic carbocycles. The zero-order chi connectivity index (χ0) is 23.8. The maximum absolute atomic E-state index is 13.0. The van der Waals surface area contributed by atoms with E-state index >= 15 is 0 Å². The predicted molar refractivity (Wildman–Crippen MR) is 130 cm³/mol. The van der Waals surface area contributed by atoms with E-state index in [1.165, 1.54) is 4.90 Å². The molecule has 0 spiro atoms. The summed E-state index contributed by atoms with van der Waals surface area (Å²) in [6, 6.07) is 12.6. The van der Waals surface area contributed by atoms with Gasteiger partial charge in [-0.05, 0) is 82.7 Å². The second-order valence-corrected chi connectivity index (χ2v) is 11.6. The largest absolute Gasteiger partial charge is 0.385 e. The minimum atomic E-state index is -3.24. The second kappa shape index (κ2) is 9.27. The minimum absolute atomic E-state index is 0.00466. The number of imide groups is 1.